The second-order valence-electron chi connectivity index (χ2n) is 8.08. The van der Waals surface area contributed by atoms with Crippen LogP contribution in [0.4, 0.5) is 10.8 Å². The zero-order chi connectivity index (χ0) is 25.5. The summed E-state index contributed by atoms with van der Waals surface area (Å²) in [4.78, 5) is 40.1. The van der Waals surface area contributed by atoms with Crippen LogP contribution in [0.3, 0.4) is 0 Å². The number of aromatic nitrogens is 1. The maximum absolute atomic E-state index is 12.3. The number of nitrogens with two attached hydrogens (primary N) is 1. The van der Waals surface area contributed by atoms with Crippen LogP contribution in [0.25, 0.3) is 22.4 Å². The van der Waals surface area contributed by atoms with E-state index >= 15 is 0 Å². The van der Waals surface area contributed by atoms with Crippen LogP contribution in [0.1, 0.15) is 22.8 Å². The maximum Gasteiger partial charge on any atom is 0.251 e. The summed E-state index contributed by atoms with van der Waals surface area (Å²) >= 11 is 1.31. The van der Waals surface area contributed by atoms with E-state index in [1.165, 1.54) is 18.3 Å². The van der Waals surface area contributed by atoms with Gasteiger partial charge in [0.25, 0.3) is 5.91 Å². The Morgan fingerprint density at radius 2 is 1.61 bits per heavy atom. The van der Waals surface area contributed by atoms with Gasteiger partial charge in [-0.2, -0.15) is 0 Å². The number of benzene rings is 3. The van der Waals surface area contributed by atoms with Crippen LogP contribution in [-0.4, -0.2) is 29.3 Å². The fourth-order valence-electron chi connectivity index (χ4n) is 3.42. The van der Waals surface area contributed by atoms with Crippen molar-refractivity contribution in [2.75, 3.05) is 17.6 Å². The van der Waals surface area contributed by atoms with Crippen molar-refractivity contribution in [3.8, 4) is 22.4 Å². The smallest absolute Gasteiger partial charge is 0.251 e. The quantitative estimate of drug-likeness (QED) is 0.272. The molecule has 1 aromatic heterocycles. The Labute approximate surface area is 212 Å². The Bertz CT molecular complexity index is 1380. The fourth-order valence-corrected chi connectivity index (χ4v) is 4.16. The molecule has 182 valence electrons. The maximum atomic E-state index is 12.3. The summed E-state index contributed by atoms with van der Waals surface area (Å²) in [7, 11) is 0. The predicted octanol–water partition coefficient (Wildman–Crippen LogP) is 4.06. The third-order valence-corrected chi connectivity index (χ3v) is 6.08. The van der Waals surface area contributed by atoms with Crippen molar-refractivity contribution >= 4 is 39.9 Å². The highest BCUT2D eigenvalue weighted by Crippen LogP contribution is 2.29. The molecule has 36 heavy (non-hydrogen) atoms. The molecular formula is C27H25N5O3S. The number of nitrogen functional groups attached to an aromatic ring is 1. The number of rotatable bonds is 8. The summed E-state index contributed by atoms with van der Waals surface area (Å²) in [6.45, 7) is 1.82. The first-order valence-electron chi connectivity index (χ1n) is 11.2. The number of amides is 3. The van der Waals surface area contributed by atoms with Crippen molar-refractivity contribution in [1.29, 1.82) is 0 Å². The zero-order valence-electron chi connectivity index (χ0n) is 19.6. The molecule has 3 amide bonds. The topological polar surface area (TPSA) is 126 Å². The van der Waals surface area contributed by atoms with E-state index in [0.717, 1.165) is 27.9 Å². The number of nitrogens with zero attached hydrogens (tertiary/aromatic N) is 1. The normalized spacial score (nSPS) is 10.5. The molecule has 4 aromatic rings. The fraction of sp³-hybridized carbons (Fsp3) is 0.111. The Balaban J connectivity index is 1.36. The molecule has 0 aliphatic carbocycles. The predicted molar refractivity (Wildman–Crippen MR) is 142 cm³/mol. The monoisotopic (exact) mass is 499 g/mol. The molecule has 0 aliphatic rings. The minimum absolute atomic E-state index is 0.0616. The van der Waals surface area contributed by atoms with Crippen molar-refractivity contribution in [2.24, 2.45) is 0 Å². The van der Waals surface area contributed by atoms with Crippen LogP contribution in [0, 0.1) is 0 Å². The molecule has 3 aromatic carbocycles. The molecule has 0 bridgehead atoms. The van der Waals surface area contributed by atoms with Gasteiger partial charge in [-0.15, -0.1) is 11.3 Å². The van der Waals surface area contributed by atoms with Gasteiger partial charge in [0.15, 0.2) is 5.13 Å². The van der Waals surface area contributed by atoms with Gasteiger partial charge in [0.05, 0.1) is 12.2 Å². The average molecular weight is 500 g/mol. The SMILES string of the molecule is CC(=O)NCc1ccc(-c2cccc(-c3csc(NC(=O)CNC(=O)c4ccc(N)cc4)n3)c2)cc1. The number of carbonyl (C=O) groups excluding carboxylic acids is 3. The van der Waals surface area contributed by atoms with Crippen LogP contribution < -0.4 is 21.7 Å². The lowest BCUT2D eigenvalue weighted by Gasteiger charge is -2.07. The standard InChI is InChI=1S/C27H25N5O3S/c1-17(33)29-14-18-5-7-19(8-6-18)21-3-2-4-22(13-21)24-16-36-27(31-24)32-25(34)15-30-26(35)20-9-11-23(28)12-10-20/h2-13,16H,14-15,28H2,1H3,(H,29,33)(H,30,35)(H,31,32,34). The van der Waals surface area contributed by atoms with Crippen molar-refractivity contribution in [1.82, 2.24) is 15.6 Å². The van der Waals surface area contributed by atoms with Crippen LogP contribution in [0.2, 0.25) is 0 Å². The molecule has 0 aliphatic heterocycles. The minimum atomic E-state index is -0.368. The van der Waals surface area contributed by atoms with E-state index < -0.39 is 0 Å². The largest absolute Gasteiger partial charge is 0.399 e. The summed E-state index contributed by atoms with van der Waals surface area (Å²) in [6.07, 6.45) is 0. The Hall–Kier alpha value is -4.50. The molecule has 0 fully saturated rings. The molecule has 0 saturated heterocycles. The molecule has 1 heterocycles. The number of anilines is 2. The average Bonchev–Trinajstić information content (AvgIpc) is 3.35. The molecule has 0 saturated carbocycles. The van der Waals surface area contributed by atoms with Gasteiger partial charge in [0.1, 0.15) is 0 Å². The van der Waals surface area contributed by atoms with Crippen molar-refractivity contribution in [3.63, 3.8) is 0 Å². The first-order valence-corrected chi connectivity index (χ1v) is 12.1. The van der Waals surface area contributed by atoms with E-state index in [2.05, 4.69) is 20.9 Å². The number of nitrogens with one attached hydrogen (secondary N) is 3. The van der Waals surface area contributed by atoms with Crippen LogP contribution in [0.5, 0.6) is 0 Å². The van der Waals surface area contributed by atoms with Crippen molar-refractivity contribution in [3.05, 3.63) is 89.3 Å². The molecule has 9 heteroatoms. The third-order valence-electron chi connectivity index (χ3n) is 5.32. The lowest BCUT2D eigenvalue weighted by atomic mass is 10.0. The summed E-state index contributed by atoms with van der Waals surface area (Å²) in [5.74, 6) is -0.786. The Kier molecular flexibility index (Phi) is 7.72. The van der Waals surface area contributed by atoms with Gasteiger partial charge < -0.3 is 21.7 Å². The van der Waals surface area contributed by atoms with Gasteiger partial charge in [-0.3, -0.25) is 14.4 Å². The first kappa shape index (κ1) is 24.6. The lowest BCUT2D eigenvalue weighted by molar-refractivity contribution is -0.119. The second-order valence-corrected chi connectivity index (χ2v) is 8.94. The summed E-state index contributed by atoms with van der Waals surface area (Å²) in [5, 5.41) is 10.4. The van der Waals surface area contributed by atoms with E-state index in [0.29, 0.717) is 22.9 Å². The van der Waals surface area contributed by atoms with Crippen LogP contribution in [0.15, 0.2) is 78.2 Å². The summed E-state index contributed by atoms with van der Waals surface area (Å²) in [5.41, 5.74) is 11.4. The molecule has 5 N–H and O–H groups in total. The van der Waals surface area contributed by atoms with Crippen LogP contribution in [-0.2, 0) is 16.1 Å². The molecule has 0 spiro atoms. The molecular weight excluding hydrogens is 474 g/mol. The van der Waals surface area contributed by atoms with E-state index in [9.17, 15) is 14.4 Å². The van der Waals surface area contributed by atoms with Crippen molar-refractivity contribution in [2.45, 2.75) is 13.5 Å². The molecule has 0 unspecified atom stereocenters. The number of hydrogen-bond acceptors (Lipinski definition) is 6. The Morgan fingerprint density at radius 1 is 0.889 bits per heavy atom. The van der Waals surface area contributed by atoms with Crippen LogP contribution >= 0.6 is 11.3 Å². The summed E-state index contributed by atoms with van der Waals surface area (Å²) in [6, 6.07) is 22.4. The zero-order valence-corrected chi connectivity index (χ0v) is 20.4. The van der Waals surface area contributed by atoms with E-state index in [1.807, 2.05) is 53.9 Å². The van der Waals surface area contributed by atoms with Gasteiger partial charge in [0.2, 0.25) is 11.8 Å². The molecule has 8 nitrogen and oxygen atoms in total. The van der Waals surface area contributed by atoms with E-state index in [4.69, 9.17) is 5.73 Å². The second kappa shape index (κ2) is 11.3. The number of carbonyl (C=O) groups is 3. The van der Waals surface area contributed by atoms with Gasteiger partial charge in [-0.25, -0.2) is 4.98 Å². The summed E-state index contributed by atoms with van der Waals surface area (Å²) < 4.78 is 0. The van der Waals surface area contributed by atoms with Gasteiger partial charge >= 0.3 is 0 Å². The van der Waals surface area contributed by atoms with E-state index in [-0.39, 0.29) is 24.3 Å². The van der Waals surface area contributed by atoms with Crippen molar-refractivity contribution < 1.29 is 14.4 Å². The third kappa shape index (κ3) is 6.55. The Morgan fingerprint density at radius 3 is 2.33 bits per heavy atom. The van der Waals surface area contributed by atoms with Gasteiger partial charge in [-0.1, -0.05) is 42.5 Å². The first-order chi connectivity index (χ1) is 17.4. The van der Waals surface area contributed by atoms with Gasteiger partial charge in [-0.05, 0) is 47.0 Å². The number of hydrogen-bond donors (Lipinski definition) is 4. The highest BCUT2D eigenvalue weighted by atomic mass is 32.1. The molecule has 0 radical (unpaired) electrons. The minimum Gasteiger partial charge on any atom is -0.399 e. The van der Waals surface area contributed by atoms with Gasteiger partial charge in [0, 0.05) is 35.7 Å². The number of thiazole rings is 1. The molecule has 0 atom stereocenters. The van der Waals surface area contributed by atoms with E-state index in [1.54, 1.807) is 24.3 Å². The highest BCUT2D eigenvalue weighted by molar-refractivity contribution is 7.14. The molecule has 4 rings (SSSR count). The lowest BCUT2D eigenvalue weighted by Crippen LogP contribution is -2.32. The highest BCUT2D eigenvalue weighted by Gasteiger charge is 2.11.